The first-order chi connectivity index (χ1) is 8.34. The molecule has 0 saturated carbocycles. The molecule has 1 N–H and O–H groups in total. The minimum absolute atomic E-state index is 0.194. The van der Waals surface area contributed by atoms with E-state index in [-0.39, 0.29) is 5.82 Å². The average molecular weight is 237 g/mol. The predicted molar refractivity (Wildman–Crippen MR) is 66.3 cm³/mol. The van der Waals surface area contributed by atoms with E-state index in [9.17, 15) is 4.39 Å². The number of nitrogens with one attached hydrogen (secondary N) is 1. The quantitative estimate of drug-likeness (QED) is 0.795. The maximum absolute atomic E-state index is 12.7. The molecule has 1 aromatic rings. The van der Waals surface area contributed by atoms with Crippen LogP contribution in [0.25, 0.3) is 0 Å². The molecule has 2 rings (SSSR count). The summed E-state index contributed by atoms with van der Waals surface area (Å²) in [5.41, 5.74) is 1.03. The second-order valence-electron chi connectivity index (χ2n) is 4.61. The van der Waals surface area contributed by atoms with Crippen molar-refractivity contribution < 1.29 is 9.13 Å². The number of ether oxygens (including phenoxy) is 1. The van der Waals surface area contributed by atoms with Gasteiger partial charge in [-0.05, 0) is 43.5 Å². The van der Waals surface area contributed by atoms with Crippen LogP contribution >= 0.6 is 0 Å². The van der Waals surface area contributed by atoms with Crippen molar-refractivity contribution >= 4 is 0 Å². The van der Waals surface area contributed by atoms with Crippen molar-refractivity contribution in [1.82, 2.24) is 5.32 Å². The van der Waals surface area contributed by atoms with Gasteiger partial charge in [0, 0.05) is 12.6 Å². The van der Waals surface area contributed by atoms with Gasteiger partial charge in [-0.25, -0.2) is 4.39 Å². The molecule has 0 radical (unpaired) electrons. The Morgan fingerprint density at radius 3 is 2.76 bits per heavy atom. The Morgan fingerprint density at radius 1 is 1.24 bits per heavy atom. The molecule has 2 nitrogen and oxygen atoms in total. The molecule has 0 spiro atoms. The summed E-state index contributed by atoms with van der Waals surface area (Å²) in [4.78, 5) is 0. The summed E-state index contributed by atoms with van der Waals surface area (Å²) in [6.45, 7) is 2.49. The van der Waals surface area contributed by atoms with E-state index in [1.165, 1.54) is 31.4 Å². The molecule has 0 amide bonds. The number of hydrogen-bond donors (Lipinski definition) is 1. The zero-order chi connectivity index (χ0) is 11.9. The van der Waals surface area contributed by atoms with Crippen molar-refractivity contribution in [3.8, 4) is 0 Å². The summed E-state index contributed by atoms with van der Waals surface area (Å²) < 4.78 is 18.3. The fourth-order valence-electron chi connectivity index (χ4n) is 2.17. The van der Waals surface area contributed by atoms with Crippen LogP contribution in [0.15, 0.2) is 24.3 Å². The van der Waals surface area contributed by atoms with E-state index in [1.54, 1.807) is 12.1 Å². The predicted octanol–water partition coefficient (Wildman–Crippen LogP) is 2.87. The van der Waals surface area contributed by atoms with Crippen LogP contribution in [0.4, 0.5) is 4.39 Å². The molecule has 0 unspecified atom stereocenters. The fourth-order valence-corrected chi connectivity index (χ4v) is 2.17. The Bertz CT molecular complexity index is 319. The van der Waals surface area contributed by atoms with Gasteiger partial charge in [-0.15, -0.1) is 0 Å². The third-order valence-corrected chi connectivity index (χ3v) is 3.21. The van der Waals surface area contributed by atoms with E-state index < -0.39 is 0 Å². The third kappa shape index (κ3) is 4.44. The van der Waals surface area contributed by atoms with E-state index >= 15 is 0 Å². The SMILES string of the molecule is Fc1ccc(COCC[C@H]2CCCCN2)cc1. The largest absolute Gasteiger partial charge is 0.377 e. The third-order valence-electron chi connectivity index (χ3n) is 3.21. The maximum atomic E-state index is 12.7. The summed E-state index contributed by atoms with van der Waals surface area (Å²) in [6, 6.07) is 7.11. The minimum atomic E-state index is -0.194. The highest BCUT2D eigenvalue weighted by molar-refractivity contribution is 5.14. The normalized spacial score (nSPS) is 20.4. The highest BCUT2D eigenvalue weighted by Gasteiger charge is 2.11. The van der Waals surface area contributed by atoms with E-state index in [4.69, 9.17) is 4.74 Å². The van der Waals surface area contributed by atoms with Crippen LogP contribution in [-0.2, 0) is 11.3 Å². The second-order valence-corrected chi connectivity index (χ2v) is 4.61. The number of rotatable bonds is 5. The lowest BCUT2D eigenvalue weighted by atomic mass is 10.0. The zero-order valence-electron chi connectivity index (χ0n) is 10.1. The molecule has 1 atom stereocenters. The van der Waals surface area contributed by atoms with Crippen molar-refractivity contribution in [3.05, 3.63) is 35.6 Å². The second kappa shape index (κ2) is 6.72. The first-order valence-electron chi connectivity index (χ1n) is 6.40. The Hall–Kier alpha value is -0.930. The minimum Gasteiger partial charge on any atom is -0.377 e. The first kappa shape index (κ1) is 12.5. The van der Waals surface area contributed by atoms with Crippen LogP contribution in [0.2, 0.25) is 0 Å². The molecule has 1 heterocycles. The topological polar surface area (TPSA) is 21.3 Å². The molecular formula is C14H20FNO. The Kier molecular flexibility index (Phi) is 4.95. The van der Waals surface area contributed by atoms with Crippen LogP contribution in [0.5, 0.6) is 0 Å². The number of hydrogen-bond acceptors (Lipinski definition) is 2. The molecule has 1 saturated heterocycles. The highest BCUT2D eigenvalue weighted by atomic mass is 19.1. The lowest BCUT2D eigenvalue weighted by Crippen LogP contribution is -2.34. The Balaban J connectivity index is 1.60. The van der Waals surface area contributed by atoms with Gasteiger partial charge in [0.05, 0.1) is 6.61 Å². The lowest BCUT2D eigenvalue weighted by Gasteiger charge is -2.23. The zero-order valence-corrected chi connectivity index (χ0v) is 10.1. The van der Waals surface area contributed by atoms with Crippen LogP contribution < -0.4 is 5.32 Å². The number of piperidine rings is 1. The van der Waals surface area contributed by atoms with Gasteiger partial charge >= 0.3 is 0 Å². The molecule has 94 valence electrons. The molecular weight excluding hydrogens is 217 g/mol. The summed E-state index contributed by atoms with van der Waals surface area (Å²) >= 11 is 0. The van der Waals surface area contributed by atoms with Crippen LogP contribution in [0.1, 0.15) is 31.2 Å². The molecule has 17 heavy (non-hydrogen) atoms. The molecule has 0 bridgehead atoms. The summed E-state index contributed by atoms with van der Waals surface area (Å²) in [7, 11) is 0. The van der Waals surface area contributed by atoms with Gasteiger partial charge in [-0.3, -0.25) is 0 Å². The highest BCUT2D eigenvalue weighted by Crippen LogP contribution is 2.10. The molecule has 1 aliphatic heterocycles. The lowest BCUT2D eigenvalue weighted by molar-refractivity contribution is 0.108. The molecule has 0 aromatic heterocycles. The number of halogens is 1. The summed E-state index contributed by atoms with van der Waals surface area (Å²) in [5.74, 6) is -0.194. The van der Waals surface area contributed by atoms with Gasteiger partial charge in [0.2, 0.25) is 0 Å². The Morgan fingerprint density at radius 2 is 2.06 bits per heavy atom. The maximum Gasteiger partial charge on any atom is 0.123 e. The fraction of sp³-hybridized carbons (Fsp3) is 0.571. The van der Waals surface area contributed by atoms with Crippen LogP contribution in [0, 0.1) is 5.82 Å². The van der Waals surface area contributed by atoms with Gasteiger partial charge < -0.3 is 10.1 Å². The van der Waals surface area contributed by atoms with Gasteiger partial charge in [-0.1, -0.05) is 18.6 Å². The van der Waals surface area contributed by atoms with E-state index in [0.29, 0.717) is 12.6 Å². The number of benzene rings is 1. The van der Waals surface area contributed by atoms with Crippen molar-refractivity contribution in [2.45, 2.75) is 38.3 Å². The van der Waals surface area contributed by atoms with Gasteiger partial charge in [0.25, 0.3) is 0 Å². The molecule has 0 aliphatic carbocycles. The van der Waals surface area contributed by atoms with E-state index in [1.807, 2.05) is 0 Å². The van der Waals surface area contributed by atoms with Crippen LogP contribution in [0.3, 0.4) is 0 Å². The molecule has 3 heteroatoms. The van der Waals surface area contributed by atoms with Gasteiger partial charge in [-0.2, -0.15) is 0 Å². The Labute approximate surface area is 102 Å². The molecule has 1 aromatic carbocycles. The summed E-state index contributed by atoms with van der Waals surface area (Å²) in [6.07, 6.45) is 4.96. The smallest absolute Gasteiger partial charge is 0.123 e. The average Bonchev–Trinajstić information content (AvgIpc) is 2.38. The van der Waals surface area contributed by atoms with Crippen molar-refractivity contribution in [1.29, 1.82) is 0 Å². The van der Waals surface area contributed by atoms with Crippen LogP contribution in [-0.4, -0.2) is 19.2 Å². The standard InChI is InChI=1S/C14H20FNO/c15-13-6-4-12(5-7-13)11-17-10-8-14-3-1-2-9-16-14/h4-7,14,16H,1-3,8-11H2/t14-/m1/s1. The van der Waals surface area contributed by atoms with Crippen molar-refractivity contribution in [2.24, 2.45) is 0 Å². The monoisotopic (exact) mass is 237 g/mol. The first-order valence-corrected chi connectivity index (χ1v) is 6.40. The van der Waals surface area contributed by atoms with E-state index in [0.717, 1.165) is 25.1 Å². The summed E-state index contributed by atoms with van der Waals surface area (Å²) in [5, 5.41) is 3.50. The molecule has 1 fully saturated rings. The molecule has 1 aliphatic rings. The van der Waals surface area contributed by atoms with Gasteiger partial charge in [0.1, 0.15) is 5.82 Å². The van der Waals surface area contributed by atoms with Crippen molar-refractivity contribution in [3.63, 3.8) is 0 Å². The van der Waals surface area contributed by atoms with Gasteiger partial charge in [0.15, 0.2) is 0 Å². The van der Waals surface area contributed by atoms with E-state index in [2.05, 4.69) is 5.32 Å². The van der Waals surface area contributed by atoms with Crippen molar-refractivity contribution in [2.75, 3.05) is 13.2 Å².